The van der Waals surface area contributed by atoms with E-state index in [9.17, 15) is 13.2 Å². The summed E-state index contributed by atoms with van der Waals surface area (Å²) < 4.78 is 30.4. The Hall–Kier alpha value is -1.44. The molecule has 1 aromatic rings. The van der Waals surface area contributed by atoms with E-state index in [0.29, 0.717) is 24.6 Å². The summed E-state index contributed by atoms with van der Waals surface area (Å²) in [5.74, 6) is 0.464. The van der Waals surface area contributed by atoms with Crippen molar-refractivity contribution < 1.29 is 17.9 Å². The van der Waals surface area contributed by atoms with Gasteiger partial charge in [-0.25, -0.2) is 12.7 Å². The molecule has 0 radical (unpaired) electrons. The first-order valence-corrected chi connectivity index (χ1v) is 9.11. The second kappa shape index (κ2) is 7.42. The molecule has 1 amide bonds. The molecule has 0 atom stereocenters. The van der Waals surface area contributed by atoms with Gasteiger partial charge in [0.15, 0.2) is 0 Å². The summed E-state index contributed by atoms with van der Waals surface area (Å²) in [4.78, 5) is 14.5. The third-order valence-corrected chi connectivity index (χ3v) is 6.01. The van der Waals surface area contributed by atoms with E-state index < -0.39 is 10.0 Å². The first-order chi connectivity index (χ1) is 10.9. The van der Waals surface area contributed by atoms with Gasteiger partial charge in [-0.2, -0.15) is 0 Å². The van der Waals surface area contributed by atoms with Crippen LogP contribution in [0.1, 0.15) is 23.2 Å². The van der Waals surface area contributed by atoms with Crippen molar-refractivity contribution in [1.29, 1.82) is 0 Å². The van der Waals surface area contributed by atoms with E-state index >= 15 is 0 Å². The van der Waals surface area contributed by atoms with E-state index in [4.69, 9.17) is 4.74 Å². The summed E-state index contributed by atoms with van der Waals surface area (Å²) in [5, 5.41) is 0. The van der Waals surface area contributed by atoms with Crippen LogP contribution in [0.5, 0.6) is 0 Å². The molecule has 1 heterocycles. The molecular formula is C16H24N2O4S. The molecular weight excluding hydrogens is 316 g/mol. The van der Waals surface area contributed by atoms with Crippen LogP contribution in [0.25, 0.3) is 0 Å². The predicted octanol–water partition coefficient (Wildman–Crippen LogP) is 1.44. The molecule has 23 heavy (non-hydrogen) atoms. The number of rotatable bonds is 5. The maximum absolute atomic E-state index is 12.5. The number of sulfonamides is 1. The van der Waals surface area contributed by atoms with Gasteiger partial charge in [0.1, 0.15) is 0 Å². The van der Waals surface area contributed by atoms with E-state index in [1.165, 1.54) is 26.2 Å². The molecule has 7 heteroatoms. The third kappa shape index (κ3) is 4.10. The Morgan fingerprint density at radius 3 is 2.26 bits per heavy atom. The fraction of sp³-hybridized carbons (Fsp3) is 0.562. The Bertz CT molecular complexity index is 633. The van der Waals surface area contributed by atoms with Gasteiger partial charge in [0, 0.05) is 46.5 Å². The lowest BCUT2D eigenvalue weighted by molar-refractivity contribution is 0.0613. The largest absolute Gasteiger partial charge is 0.384 e. The molecule has 0 bridgehead atoms. The molecule has 6 nitrogen and oxygen atoms in total. The van der Waals surface area contributed by atoms with Gasteiger partial charge in [-0.05, 0) is 43.0 Å². The zero-order valence-corrected chi connectivity index (χ0v) is 14.7. The average Bonchev–Trinajstić information content (AvgIpc) is 2.55. The summed E-state index contributed by atoms with van der Waals surface area (Å²) in [6.45, 7) is 2.16. The number of ether oxygens (including phenoxy) is 1. The molecule has 0 aliphatic carbocycles. The molecule has 0 N–H and O–H groups in total. The van der Waals surface area contributed by atoms with Gasteiger partial charge in [-0.3, -0.25) is 4.79 Å². The Morgan fingerprint density at radius 2 is 1.78 bits per heavy atom. The number of amides is 1. The first kappa shape index (κ1) is 17.9. The number of nitrogens with zero attached hydrogens (tertiary/aromatic N) is 2. The topological polar surface area (TPSA) is 66.9 Å². The van der Waals surface area contributed by atoms with E-state index in [-0.39, 0.29) is 10.8 Å². The fourth-order valence-electron chi connectivity index (χ4n) is 2.70. The second-order valence-corrected chi connectivity index (χ2v) is 8.15. The van der Waals surface area contributed by atoms with Crippen molar-refractivity contribution >= 4 is 15.9 Å². The molecule has 1 aliphatic rings. The van der Waals surface area contributed by atoms with Crippen LogP contribution in [0.4, 0.5) is 0 Å². The summed E-state index contributed by atoms with van der Waals surface area (Å²) in [6, 6.07) is 6.14. The smallest absolute Gasteiger partial charge is 0.253 e. The van der Waals surface area contributed by atoms with Crippen molar-refractivity contribution in [2.75, 3.05) is 40.9 Å². The van der Waals surface area contributed by atoms with Crippen molar-refractivity contribution in [3.8, 4) is 0 Å². The summed E-state index contributed by atoms with van der Waals surface area (Å²) in [6.07, 6.45) is 1.87. The number of carbonyl (C=O) groups excluding carboxylic acids is 1. The van der Waals surface area contributed by atoms with Crippen LogP contribution in [0, 0.1) is 5.92 Å². The second-order valence-electron chi connectivity index (χ2n) is 6.00. The van der Waals surface area contributed by atoms with Crippen LogP contribution >= 0.6 is 0 Å². The Balaban J connectivity index is 2.04. The fourth-order valence-corrected chi connectivity index (χ4v) is 3.60. The Kier molecular flexibility index (Phi) is 5.78. The number of hydrogen-bond donors (Lipinski definition) is 0. The minimum atomic E-state index is -3.46. The molecule has 2 rings (SSSR count). The lowest BCUT2D eigenvalue weighted by atomic mass is 9.97. The molecule has 1 saturated heterocycles. The van der Waals surface area contributed by atoms with Crippen molar-refractivity contribution in [3.05, 3.63) is 29.8 Å². The highest BCUT2D eigenvalue weighted by Gasteiger charge is 2.24. The summed E-state index contributed by atoms with van der Waals surface area (Å²) in [5.41, 5.74) is 0.521. The zero-order valence-electron chi connectivity index (χ0n) is 13.9. The van der Waals surface area contributed by atoms with E-state index in [1.54, 1.807) is 19.2 Å². The zero-order chi connectivity index (χ0) is 17.0. The maximum Gasteiger partial charge on any atom is 0.253 e. The molecule has 1 fully saturated rings. The van der Waals surface area contributed by atoms with Crippen molar-refractivity contribution in [3.63, 3.8) is 0 Å². The van der Waals surface area contributed by atoms with Crippen molar-refractivity contribution in [2.24, 2.45) is 5.92 Å². The molecule has 0 unspecified atom stereocenters. The lowest BCUT2D eigenvalue weighted by Crippen LogP contribution is -2.39. The number of carbonyl (C=O) groups is 1. The average molecular weight is 340 g/mol. The van der Waals surface area contributed by atoms with Crippen LogP contribution in [0.2, 0.25) is 0 Å². The number of piperidine rings is 1. The molecule has 0 saturated carbocycles. The highest BCUT2D eigenvalue weighted by Crippen LogP contribution is 2.20. The summed E-state index contributed by atoms with van der Waals surface area (Å²) >= 11 is 0. The van der Waals surface area contributed by atoms with Gasteiger partial charge in [-0.1, -0.05) is 0 Å². The van der Waals surface area contributed by atoms with Gasteiger partial charge < -0.3 is 9.64 Å². The van der Waals surface area contributed by atoms with Crippen LogP contribution < -0.4 is 0 Å². The minimum absolute atomic E-state index is 0.0466. The van der Waals surface area contributed by atoms with Crippen molar-refractivity contribution in [2.45, 2.75) is 17.7 Å². The quantitative estimate of drug-likeness (QED) is 0.813. The molecule has 0 aromatic heterocycles. The van der Waals surface area contributed by atoms with Crippen LogP contribution in [-0.4, -0.2) is 64.4 Å². The number of benzene rings is 1. The van der Waals surface area contributed by atoms with Gasteiger partial charge in [-0.15, -0.1) is 0 Å². The van der Waals surface area contributed by atoms with Crippen LogP contribution in [0.3, 0.4) is 0 Å². The SMILES string of the molecule is COCC1CCN(C(=O)c2ccc(S(=O)(=O)N(C)C)cc2)CC1. The minimum Gasteiger partial charge on any atom is -0.384 e. The molecule has 1 aromatic carbocycles. The van der Waals surface area contributed by atoms with E-state index in [1.807, 2.05) is 4.90 Å². The van der Waals surface area contributed by atoms with E-state index in [0.717, 1.165) is 23.8 Å². The maximum atomic E-state index is 12.5. The van der Waals surface area contributed by atoms with Crippen LogP contribution in [0.15, 0.2) is 29.2 Å². The summed E-state index contributed by atoms with van der Waals surface area (Å²) in [7, 11) is 1.20. The van der Waals surface area contributed by atoms with Crippen molar-refractivity contribution in [1.82, 2.24) is 9.21 Å². The van der Waals surface area contributed by atoms with Gasteiger partial charge in [0.05, 0.1) is 4.90 Å². The number of likely N-dealkylation sites (tertiary alicyclic amines) is 1. The highest BCUT2D eigenvalue weighted by atomic mass is 32.2. The Labute approximate surface area is 138 Å². The monoisotopic (exact) mass is 340 g/mol. The van der Waals surface area contributed by atoms with Gasteiger partial charge in [0.25, 0.3) is 5.91 Å². The molecule has 1 aliphatic heterocycles. The third-order valence-electron chi connectivity index (χ3n) is 4.18. The Morgan fingerprint density at radius 1 is 1.22 bits per heavy atom. The number of methoxy groups -OCH3 is 1. The first-order valence-electron chi connectivity index (χ1n) is 7.67. The standard InChI is InChI=1S/C16H24N2O4S/c1-17(2)23(20,21)15-6-4-14(5-7-15)16(19)18-10-8-13(9-11-18)12-22-3/h4-7,13H,8-12H2,1-3H3. The normalized spacial score (nSPS) is 16.8. The lowest BCUT2D eigenvalue weighted by Gasteiger charge is -2.31. The number of hydrogen-bond acceptors (Lipinski definition) is 4. The van der Waals surface area contributed by atoms with Crippen LogP contribution in [-0.2, 0) is 14.8 Å². The van der Waals surface area contributed by atoms with E-state index in [2.05, 4.69) is 0 Å². The van der Waals surface area contributed by atoms with Gasteiger partial charge >= 0.3 is 0 Å². The molecule has 0 spiro atoms. The predicted molar refractivity (Wildman–Crippen MR) is 87.8 cm³/mol. The molecule has 128 valence electrons. The van der Waals surface area contributed by atoms with Gasteiger partial charge in [0.2, 0.25) is 10.0 Å². The highest BCUT2D eigenvalue weighted by molar-refractivity contribution is 7.89.